The highest BCUT2D eigenvalue weighted by atomic mass is 16.6. The molecular weight excluding hydrogens is 370 g/mol. The van der Waals surface area contributed by atoms with Crippen LogP contribution in [0.1, 0.15) is 61.0 Å². The van der Waals surface area contributed by atoms with Crippen molar-refractivity contribution >= 4 is 12.1 Å². The van der Waals surface area contributed by atoms with Gasteiger partial charge in [0.15, 0.2) is 5.96 Å². The van der Waals surface area contributed by atoms with Crippen LogP contribution in [-0.4, -0.2) is 47.4 Å². The second-order valence-corrected chi connectivity index (χ2v) is 8.73. The van der Waals surface area contributed by atoms with Gasteiger partial charge >= 0.3 is 6.09 Å². The second-order valence-electron chi connectivity index (χ2n) is 8.73. The lowest BCUT2D eigenvalue weighted by Gasteiger charge is -2.29. The van der Waals surface area contributed by atoms with E-state index in [9.17, 15) is 4.79 Å². The maximum absolute atomic E-state index is 12.0. The predicted molar refractivity (Wildman–Crippen MR) is 116 cm³/mol. The summed E-state index contributed by atoms with van der Waals surface area (Å²) < 4.78 is 10.9. The number of pyridine rings is 1. The summed E-state index contributed by atoms with van der Waals surface area (Å²) in [5.41, 5.74) is -0.0756. The molecule has 29 heavy (non-hydrogen) atoms. The van der Waals surface area contributed by atoms with Crippen molar-refractivity contribution in [3.63, 3.8) is 0 Å². The number of rotatable bonds is 8. The van der Waals surface area contributed by atoms with Gasteiger partial charge in [0, 0.05) is 25.4 Å². The van der Waals surface area contributed by atoms with E-state index in [-0.39, 0.29) is 6.10 Å². The molecule has 0 aliphatic heterocycles. The molecule has 0 fully saturated rings. The molecule has 0 bridgehead atoms. The van der Waals surface area contributed by atoms with Gasteiger partial charge in [-0.15, -0.1) is 0 Å². The minimum absolute atomic E-state index is 0.0913. The van der Waals surface area contributed by atoms with Crippen molar-refractivity contribution < 1.29 is 14.3 Å². The fraction of sp³-hybridized carbons (Fsp3) is 0.667. The number of carbonyl (C=O) groups excluding carboxylic acids is 1. The molecule has 164 valence electrons. The molecule has 0 saturated heterocycles. The molecule has 1 aromatic heterocycles. The highest BCUT2D eigenvalue weighted by Gasteiger charge is 2.24. The monoisotopic (exact) mass is 407 g/mol. The van der Waals surface area contributed by atoms with Gasteiger partial charge in [-0.3, -0.25) is 0 Å². The Balaban J connectivity index is 2.64. The number of carbonyl (C=O) groups is 1. The maximum Gasteiger partial charge on any atom is 0.408 e. The summed E-state index contributed by atoms with van der Waals surface area (Å²) >= 11 is 0. The van der Waals surface area contributed by atoms with Gasteiger partial charge in [-0.1, -0.05) is 6.07 Å². The van der Waals surface area contributed by atoms with E-state index in [1.807, 2.05) is 67.5 Å². The van der Waals surface area contributed by atoms with Crippen molar-refractivity contribution in [2.75, 3.05) is 13.1 Å². The van der Waals surface area contributed by atoms with E-state index in [0.717, 1.165) is 12.1 Å². The molecule has 1 amide bonds. The van der Waals surface area contributed by atoms with E-state index in [2.05, 4.69) is 25.9 Å². The van der Waals surface area contributed by atoms with Crippen LogP contribution in [0.3, 0.4) is 0 Å². The predicted octanol–water partition coefficient (Wildman–Crippen LogP) is 3.23. The number of hydrogen-bond acceptors (Lipinski definition) is 5. The van der Waals surface area contributed by atoms with E-state index in [1.54, 1.807) is 6.20 Å². The minimum atomic E-state index is -0.534. The van der Waals surface area contributed by atoms with Crippen LogP contribution in [0.2, 0.25) is 0 Å². The minimum Gasteiger partial charge on any atom is -0.475 e. The first-order valence-electron chi connectivity index (χ1n) is 10.0. The van der Waals surface area contributed by atoms with Crippen LogP contribution < -0.4 is 20.7 Å². The highest BCUT2D eigenvalue weighted by Crippen LogP contribution is 2.11. The standard InChI is InChI=1S/C21H37N5O3/c1-9-22-18(24-13-16-10-11-17(23-12-16)28-15(2)3)25-14-21(7,8)26-19(27)29-20(4,5)6/h10-12,15H,9,13-14H2,1-8H3,(H,26,27)(H2,22,24,25). The van der Waals surface area contributed by atoms with Gasteiger partial charge in [0.2, 0.25) is 5.88 Å². The Hall–Kier alpha value is -2.51. The van der Waals surface area contributed by atoms with E-state index in [0.29, 0.717) is 24.9 Å². The van der Waals surface area contributed by atoms with E-state index in [4.69, 9.17) is 9.47 Å². The number of hydrogen-bond donors (Lipinski definition) is 3. The van der Waals surface area contributed by atoms with Crippen LogP contribution >= 0.6 is 0 Å². The average molecular weight is 408 g/mol. The van der Waals surface area contributed by atoms with Crippen molar-refractivity contribution in [2.24, 2.45) is 4.99 Å². The zero-order valence-corrected chi connectivity index (χ0v) is 19.0. The van der Waals surface area contributed by atoms with Gasteiger partial charge in [0.05, 0.1) is 18.2 Å². The van der Waals surface area contributed by atoms with Crippen LogP contribution in [0.15, 0.2) is 23.3 Å². The molecule has 1 heterocycles. The van der Waals surface area contributed by atoms with Crippen LogP contribution in [0.5, 0.6) is 5.88 Å². The Morgan fingerprint density at radius 1 is 1.17 bits per heavy atom. The molecule has 0 aliphatic rings. The molecule has 1 rings (SSSR count). The number of aromatic nitrogens is 1. The largest absolute Gasteiger partial charge is 0.475 e. The molecule has 0 atom stereocenters. The molecule has 0 spiro atoms. The van der Waals surface area contributed by atoms with Crippen molar-refractivity contribution in [1.82, 2.24) is 20.9 Å². The topological polar surface area (TPSA) is 96.9 Å². The van der Waals surface area contributed by atoms with Crippen LogP contribution in [0.25, 0.3) is 0 Å². The summed E-state index contributed by atoms with van der Waals surface area (Å²) in [4.78, 5) is 20.9. The highest BCUT2D eigenvalue weighted by molar-refractivity contribution is 5.80. The lowest BCUT2D eigenvalue weighted by atomic mass is 10.1. The zero-order valence-electron chi connectivity index (χ0n) is 19.0. The number of amides is 1. The summed E-state index contributed by atoms with van der Waals surface area (Å²) in [6.45, 7) is 17.0. The third kappa shape index (κ3) is 11.2. The van der Waals surface area contributed by atoms with E-state index in [1.165, 1.54) is 0 Å². The first-order valence-corrected chi connectivity index (χ1v) is 10.0. The molecule has 0 saturated carbocycles. The van der Waals surface area contributed by atoms with Gasteiger partial charge in [0.25, 0.3) is 0 Å². The fourth-order valence-corrected chi connectivity index (χ4v) is 2.26. The quantitative estimate of drug-likeness (QED) is 0.452. The summed E-state index contributed by atoms with van der Waals surface area (Å²) in [6.07, 6.45) is 1.41. The summed E-state index contributed by atoms with van der Waals surface area (Å²) in [5.74, 6) is 1.27. The maximum atomic E-state index is 12.0. The number of nitrogens with one attached hydrogen (secondary N) is 3. The molecule has 3 N–H and O–H groups in total. The molecular formula is C21H37N5O3. The Kier molecular flexibility index (Phi) is 9.20. The van der Waals surface area contributed by atoms with Crippen molar-refractivity contribution in [1.29, 1.82) is 0 Å². The summed E-state index contributed by atoms with van der Waals surface area (Å²) in [5, 5.41) is 9.34. The third-order valence-electron chi connectivity index (χ3n) is 3.46. The van der Waals surface area contributed by atoms with E-state index >= 15 is 0 Å². The summed E-state index contributed by atoms with van der Waals surface area (Å²) in [6, 6.07) is 3.80. The van der Waals surface area contributed by atoms with Crippen molar-refractivity contribution in [3.05, 3.63) is 23.9 Å². The zero-order chi connectivity index (χ0) is 22.1. The Morgan fingerprint density at radius 2 is 1.86 bits per heavy atom. The van der Waals surface area contributed by atoms with Gasteiger partial charge in [-0.2, -0.15) is 0 Å². The lowest BCUT2D eigenvalue weighted by molar-refractivity contribution is 0.0474. The smallest absolute Gasteiger partial charge is 0.408 e. The average Bonchev–Trinajstić information content (AvgIpc) is 2.56. The van der Waals surface area contributed by atoms with Crippen LogP contribution in [0.4, 0.5) is 4.79 Å². The normalized spacial score (nSPS) is 12.5. The van der Waals surface area contributed by atoms with Crippen molar-refractivity contribution in [2.45, 2.75) is 79.2 Å². The van der Waals surface area contributed by atoms with Gasteiger partial charge in [0.1, 0.15) is 5.60 Å². The van der Waals surface area contributed by atoms with E-state index < -0.39 is 17.2 Å². The Morgan fingerprint density at radius 3 is 2.38 bits per heavy atom. The SMILES string of the molecule is CCNC(=NCc1ccc(OC(C)C)nc1)NCC(C)(C)NC(=O)OC(C)(C)C. The van der Waals surface area contributed by atoms with Crippen LogP contribution in [-0.2, 0) is 11.3 Å². The Bertz CT molecular complexity index is 664. The first-order chi connectivity index (χ1) is 13.4. The first kappa shape index (κ1) is 24.5. The molecule has 8 heteroatoms. The molecule has 0 aromatic carbocycles. The summed E-state index contributed by atoms with van der Waals surface area (Å²) in [7, 11) is 0. The number of guanidine groups is 1. The van der Waals surface area contributed by atoms with Crippen LogP contribution in [0, 0.1) is 0 Å². The van der Waals surface area contributed by atoms with Gasteiger partial charge in [-0.25, -0.2) is 14.8 Å². The number of ether oxygens (including phenoxy) is 2. The van der Waals surface area contributed by atoms with Gasteiger partial charge < -0.3 is 25.4 Å². The third-order valence-corrected chi connectivity index (χ3v) is 3.46. The number of nitrogens with zero attached hydrogens (tertiary/aromatic N) is 2. The molecule has 0 unspecified atom stereocenters. The number of alkyl carbamates (subject to hydrolysis) is 1. The Labute approximate surface area is 174 Å². The molecule has 0 aliphatic carbocycles. The molecule has 0 radical (unpaired) electrons. The fourth-order valence-electron chi connectivity index (χ4n) is 2.26. The molecule has 1 aromatic rings. The number of aliphatic imine (C=N–C) groups is 1. The second kappa shape index (κ2) is 10.9. The van der Waals surface area contributed by atoms with Gasteiger partial charge in [-0.05, 0) is 61.0 Å². The lowest BCUT2D eigenvalue weighted by Crippen LogP contribution is -2.54. The van der Waals surface area contributed by atoms with Crippen molar-refractivity contribution in [3.8, 4) is 5.88 Å². The molecule has 8 nitrogen and oxygen atoms in total.